The maximum Gasteiger partial charge on any atom is 0.268 e. The number of rotatable bonds is 3. The monoisotopic (exact) mass is 306 g/mol. The van der Waals surface area contributed by atoms with E-state index in [1.165, 1.54) is 0 Å². The number of anilines is 1. The summed E-state index contributed by atoms with van der Waals surface area (Å²) in [6.45, 7) is 0. The molecule has 4 rings (SSSR count). The number of nitrogens with one attached hydrogen (secondary N) is 2. The Hall–Kier alpha value is -3.15. The summed E-state index contributed by atoms with van der Waals surface area (Å²) in [4.78, 5) is 17.7. The smallest absolute Gasteiger partial charge is 0.268 e. The summed E-state index contributed by atoms with van der Waals surface area (Å²) in [5.41, 5.74) is 3.23. The molecule has 2 heterocycles. The predicted octanol–water partition coefficient (Wildman–Crippen LogP) is 2.69. The Balaban J connectivity index is 1.48. The molecule has 1 aliphatic heterocycles. The zero-order valence-electron chi connectivity index (χ0n) is 12.2. The number of amides is 1. The average molecular weight is 306 g/mol. The van der Waals surface area contributed by atoms with Gasteiger partial charge in [-0.2, -0.15) is 5.10 Å². The van der Waals surface area contributed by atoms with Crippen molar-refractivity contribution in [2.45, 2.75) is 12.5 Å². The van der Waals surface area contributed by atoms with Crippen LogP contribution in [0.3, 0.4) is 0 Å². The Morgan fingerprint density at radius 3 is 2.91 bits per heavy atom. The van der Waals surface area contributed by atoms with Gasteiger partial charge < -0.3 is 10.2 Å². The van der Waals surface area contributed by atoms with Crippen LogP contribution in [0.2, 0.25) is 0 Å². The van der Waals surface area contributed by atoms with E-state index in [4.69, 9.17) is 4.84 Å². The van der Waals surface area contributed by atoms with Crippen LogP contribution in [0.4, 0.5) is 5.69 Å². The normalized spacial score (nSPS) is 16.9. The minimum atomic E-state index is -0.622. The van der Waals surface area contributed by atoms with E-state index >= 15 is 0 Å². The molecule has 0 radical (unpaired) electrons. The summed E-state index contributed by atoms with van der Waals surface area (Å²) in [5, 5.41) is 14.7. The van der Waals surface area contributed by atoms with Crippen molar-refractivity contribution >= 4 is 28.2 Å². The first kappa shape index (κ1) is 13.5. The van der Waals surface area contributed by atoms with Crippen LogP contribution in [0.1, 0.15) is 12.0 Å². The van der Waals surface area contributed by atoms with Gasteiger partial charge in [-0.05, 0) is 11.6 Å². The Kier molecular flexibility index (Phi) is 3.27. The maximum absolute atomic E-state index is 12.4. The van der Waals surface area contributed by atoms with Gasteiger partial charge in [-0.3, -0.25) is 9.89 Å². The van der Waals surface area contributed by atoms with Crippen LogP contribution in [0.5, 0.6) is 0 Å². The van der Waals surface area contributed by atoms with Crippen molar-refractivity contribution in [2.24, 2.45) is 5.16 Å². The van der Waals surface area contributed by atoms with Gasteiger partial charge in [0.05, 0.1) is 23.1 Å². The van der Waals surface area contributed by atoms with E-state index in [1.807, 2.05) is 48.5 Å². The van der Waals surface area contributed by atoms with Crippen LogP contribution in [-0.2, 0) is 9.63 Å². The van der Waals surface area contributed by atoms with Crippen LogP contribution < -0.4 is 5.32 Å². The van der Waals surface area contributed by atoms with Crippen LogP contribution >= 0.6 is 0 Å². The van der Waals surface area contributed by atoms with Crippen LogP contribution in [0.25, 0.3) is 10.9 Å². The molecule has 114 valence electrons. The van der Waals surface area contributed by atoms with Gasteiger partial charge in [0.25, 0.3) is 5.91 Å². The standard InChI is InChI=1S/C17H14N4O2/c22-17(19-13-8-4-7-12-10-18-20-16(12)13)15-9-14(21-23-15)11-5-2-1-3-6-11/h1-8,10,15H,9H2,(H,18,20)(H,19,22). The highest BCUT2D eigenvalue weighted by atomic mass is 16.6. The zero-order chi connectivity index (χ0) is 15.6. The van der Waals surface area contributed by atoms with E-state index in [9.17, 15) is 4.79 Å². The van der Waals surface area contributed by atoms with E-state index < -0.39 is 6.10 Å². The third-order valence-corrected chi connectivity index (χ3v) is 3.80. The predicted molar refractivity (Wildman–Crippen MR) is 87.2 cm³/mol. The number of para-hydroxylation sites is 1. The molecule has 0 fully saturated rings. The number of fused-ring (bicyclic) bond motifs is 1. The Morgan fingerprint density at radius 2 is 2.04 bits per heavy atom. The molecule has 1 aromatic heterocycles. The quantitative estimate of drug-likeness (QED) is 0.781. The SMILES string of the molecule is O=C(Nc1cccc2cn[nH]c12)C1CC(c2ccccc2)=NO1. The fourth-order valence-electron chi connectivity index (χ4n) is 2.61. The molecule has 1 atom stereocenters. The Morgan fingerprint density at radius 1 is 1.17 bits per heavy atom. The summed E-state index contributed by atoms with van der Waals surface area (Å²) in [6.07, 6.45) is 1.55. The molecule has 1 unspecified atom stereocenters. The summed E-state index contributed by atoms with van der Waals surface area (Å²) in [7, 11) is 0. The highest BCUT2D eigenvalue weighted by molar-refractivity contribution is 6.07. The largest absolute Gasteiger partial charge is 0.382 e. The molecule has 23 heavy (non-hydrogen) atoms. The highest BCUT2D eigenvalue weighted by Crippen LogP contribution is 2.22. The highest BCUT2D eigenvalue weighted by Gasteiger charge is 2.29. The fourth-order valence-corrected chi connectivity index (χ4v) is 2.61. The maximum atomic E-state index is 12.4. The van der Waals surface area contributed by atoms with Crippen molar-refractivity contribution in [2.75, 3.05) is 5.32 Å². The molecule has 0 bridgehead atoms. The molecule has 3 aromatic rings. The van der Waals surface area contributed by atoms with Crippen molar-refractivity contribution in [3.63, 3.8) is 0 Å². The van der Waals surface area contributed by atoms with Crippen molar-refractivity contribution in [3.05, 3.63) is 60.3 Å². The number of carbonyl (C=O) groups is 1. The Bertz CT molecular complexity index is 886. The first-order valence-corrected chi connectivity index (χ1v) is 7.32. The Labute approximate surface area is 132 Å². The van der Waals surface area contributed by atoms with Crippen LogP contribution in [-0.4, -0.2) is 27.9 Å². The van der Waals surface area contributed by atoms with E-state index in [2.05, 4.69) is 20.7 Å². The lowest BCUT2D eigenvalue weighted by Crippen LogP contribution is -2.28. The molecular weight excluding hydrogens is 292 g/mol. The third kappa shape index (κ3) is 2.55. The van der Waals surface area contributed by atoms with Gasteiger partial charge in [-0.1, -0.05) is 47.6 Å². The van der Waals surface area contributed by atoms with Gasteiger partial charge in [0.1, 0.15) is 0 Å². The molecule has 6 heteroatoms. The van der Waals surface area contributed by atoms with Crippen molar-refractivity contribution in [1.29, 1.82) is 0 Å². The number of aromatic nitrogens is 2. The lowest BCUT2D eigenvalue weighted by molar-refractivity contribution is -0.125. The van der Waals surface area contributed by atoms with Gasteiger partial charge >= 0.3 is 0 Å². The van der Waals surface area contributed by atoms with Gasteiger partial charge in [-0.15, -0.1) is 0 Å². The first-order chi connectivity index (χ1) is 11.3. The number of hydrogen-bond donors (Lipinski definition) is 2. The van der Waals surface area contributed by atoms with Gasteiger partial charge in [0.15, 0.2) is 0 Å². The summed E-state index contributed by atoms with van der Waals surface area (Å²) >= 11 is 0. The number of oxime groups is 1. The van der Waals surface area contributed by atoms with Gasteiger partial charge in [0, 0.05) is 11.8 Å². The first-order valence-electron chi connectivity index (χ1n) is 7.32. The number of aromatic amines is 1. The molecule has 0 saturated carbocycles. The van der Waals surface area contributed by atoms with Crippen molar-refractivity contribution in [3.8, 4) is 0 Å². The number of nitrogens with zero attached hydrogens (tertiary/aromatic N) is 2. The topological polar surface area (TPSA) is 79.4 Å². The second kappa shape index (κ2) is 5.57. The molecular formula is C17H14N4O2. The lowest BCUT2D eigenvalue weighted by atomic mass is 10.0. The second-order valence-corrected chi connectivity index (χ2v) is 5.33. The lowest BCUT2D eigenvalue weighted by Gasteiger charge is -2.10. The minimum absolute atomic E-state index is 0.221. The van der Waals surface area contributed by atoms with E-state index in [0.717, 1.165) is 22.2 Å². The fraction of sp³-hybridized carbons (Fsp3) is 0.118. The number of H-pyrrole nitrogens is 1. The molecule has 2 aromatic carbocycles. The third-order valence-electron chi connectivity index (χ3n) is 3.80. The molecule has 0 aliphatic carbocycles. The number of carbonyl (C=O) groups excluding carboxylic acids is 1. The van der Waals surface area contributed by atoms with E-state index in [-0.39, 0.29) is 5.91 Å². The number of hydrogen-bond acceptors (Lipinski definition) is 4. The van der Waals surface area contributed by atoms with Crippen LogP contribution in [0, 0.1) is 0 Å². The summed E-state index contributed by atoms with van der Waals surface area (Å²) < 4.78 is 0. The summed E-state index contributed by atoms with van der Waals surface area (Å²) in [5.74, 6) is -0.221. The molecule has 6 nitrogen and oxygen atoms in total. The van der Waals surface area contributed by atoms with Gasteiger partial charge in [-0.25, -0.2) is 0 Å². The van der Waals surface area contributed by atoms with E-state index in [0.29, 0.717) is 12.1 Å². The molecule has 1 amide bonds. The molecule has 2 N–H and O–H groups in total. The summed E-state index contributed by atoms with van der Waals surface area (Å²) in [6, 6.07) is 15.3. The van der Waals surface area contributed by atoms with E-state index in [1.54, 1.807) is 6.20 Å². The molecule has 0 saturated heterocycles. The molecule has 0 spiro atoms. The zero-order valence-corrected chi connectivity index (χ0v) is 12.2. The van der Waals surface area contributed by atoms with Crippen molar-refractivity contribution in [1.82, 2.24) is 10.2 Å². The molecule has 1 aliphatic rings. The van der Waals surface area contributed by atoms with Gasteiger partial charge in [0.2, 0.25) is 6.10 Å². The number of benzene rings is 2. The van der Waals surface area contributed by atoms with Crippen LogP contribution in [0.15, 0.2) is 59.9 Å². The second-order valence-electron chi connectivity index (χ2n) is 5.33. The minimum Gasteiger partial charge on any atom is -0.382 e. The average Bonchev–Trinajstić information content (AvgIpc) is 3.25. The van der Waals surface area contributed by atoms with Crippen molar-refractivity contribution < 1.29 is 9.63 Å².